The molecule has 0 aromatic carbocycles. The Balaban J connectivity index is 1.97. The first kappa shape index (κ1) is 18.6. The fraction of sp³-hybridized carbons (Fsp3) is 0.750. The van der Waals surface area contributed by atoms with Crippen LogP contribution in [-0.4, -0.2) is 46.2 Å². The molecule has 0 aromatic heterocycles. The highest BCUT2D eigenvalue weighted by molar-refractivity contribution is 5.92. The van der Waals surface area contributed by atoms with Gasteiger partial charge in [0.2, 0.25) is 0 Å². The molecule has 2 unspecified atom stereocenters. The highest BCUT2D eigenvalue weighted by Gasteiger charge is 2.49. The zero-order valence-electron chi connectivity index (χ0n) is 15.6. The van der Waals surface area contributed by atoms with Gasteiger partial charge in [-0.3, -0.25) is 0 Å². The Hall–Kier alpha value is -1.17. The molecule has 3 rings (SSSR count). The summed E-state index contributed by atoms with van der Waals surface area (Å²) in [4.78, 5) is 12.0. The van der Waals surface area contributed by atoms with Crippen molar-refractivity contribution in [2.24, 2.45) is 5.92 Å². The lowest BCUT2D eigenvalue weighted by atomic mass is 9.84. The molecule has 3 aliphatic heterocycles. The quantitative estimate of drug-likeness (QED) is 0.519. The third kappa shape index (κ3) is 3.42. The van der Waals surface area contributed by atoms with Crippen molar-refractivity contribution in [3.05, 3.63) is 22.8 Å². The Morgan fingerprint density at radius 2 is 1.96 bits per heavy atom. The molecular weight excluding hydrogens is 320 g/mol. The van der Waals surface area contributed by atoms with Gasteiger partial charge in [0.25, 0.3) is 0 Å². The van der Waals surface area contributed by atoms with Crippen molar-refractivity contribution in [3.8, 4) is 0 Å². The number of hydrogen-bond donors (Lipinski definition) is 2. The lowest BCUT2D eigenvalue weighted by Gasteiger charge is -2.35. The lowest BCUT2D eigenvalue weighted by Crippen LogP contribution is -2.49. The highest BCUT2D eigenvalue weighted by Crippen LogP contribution is 2.41. The van der Waals surface area contributed by atoms with Crippen molar-refractivity contribution < 1.29 is 24.5 Å². The zero-order chi connectivity index (χ0) is 18.4. The number of aliphatic hydroxyl groups excluding tert-OH is 2. The first-order chi connectivity index (χ1) is 11.7. The molecule has 2 bridgehead atoms. The van der Waals surface area contributed by atoms with Crippen molar-refractivity contribution in [2.75, 3.05) is 0 Å². The molecule has 5 nitrogen and oxygen atoms in total. The normalized spacial score (nSPS) is 45.0. The van der Waals surface area contributed by atoms with Crippen LogP contribution in [0, 0.1) is 5.92 Å². The van der Waals surface area contributed by atoms with Crippen molar-refractivity contribution in [1.29, 1.82) is 0 Å². The summed E-state index contributed by atoms with van der Waals surface area (Å²) >= 11 is 0. The standard InChI is InChI=1S/C20H30O5/c1-11-6-5-7-12(2)14-8-9-20(4,25-14)18(22)17(21)16-13(3)19(23)24-15(16)10-11/h6,12,14-15,17-18,21-22H,5,7-10H2,1-4H3/b11-6+/t12-,14+,15?,17-,18+,20?/m0/s1. The second-order valence-electron chi connectivity index (χ2n) is 8.18. The van der Waals surface area contributed by atoms with Gasteiger partial charge in [-0.15, -0.1) is 0 Å². The number of carbonyl (C=O) groups excluding carboxylic acids is 1. The van der Waals surface area contributed by atoms with E-state index in [1.165, 1.54) is 0 Å². The van der Waals surface area contributed by atoms with Crippen LogP contribution in [0.25, 0.3) is 0 Å². The Morgan fingerprint density at radius 1 is 1.24 bits per heavy atom. The largest absolute Gasteiger partial charge is 0.454 e. The molecule has 0 amide bonds. The highest BCUT2D eigenvalue weighted by atomic mass is 16.6. The molecule has 1 saturated heterocycles. The summed E-state index contributed by atoms with van der Waals surface area (Å²) in [5.41, 5.74) is 1.24. The van der Waals surface area contributed by atoms with Crippen LogP contribution in [0.1, 0.15) is 59.8 Å². The molecule has 3 heterocycles. The third-order valence-electron chi connectivity index (χ3n) is 6.18. The minimum absolute atomic E-state index is 0.0913. The van der Waals surface area contributed by atoms with Crippen molar-refractivity contribution in [3.63, 3.8) is 0 Å². The maximum Gasteiger partial charge on any atom is 0.334 e. The maximum absolute atomic E-state index is 12.0. The number of esters is 1. The molecule has 2 N–H and O–H groups in total. The van der Waals surface area contributed by atoms with Gasteiger partial charge in [-0.05, 0) is 52.4 Å². The summed E-state index contributed by atoms with van der Waals surface area (Å²) < 4.78 is 11.7. The molecule has 0 saturated carbocycles. The fourth-order valence-corrected chi connectivity index (χ4v) is 4.37. The predicted molar refractivity (Wildman–Crippen MR) is 93.9 cm³/mol. The number of ether oxygens (including phenoxy) is 2. The first-order valence-electron chi connectivity index (χ1n) is 9.34. The summed E-state index contributed by atoms with van der Waals surface area (Å²) in [6, 6.07) is 0. The number of hydrogen-bond acceptors (Lipinski definition) is 5. The Bertz CT molecular complexity index is 607. The minimum atomic E-state index is -1.16. The van der Waals surface area contributed by atoms with Gasteiger partial charge in [0.15, 0.2) is 0 Å². The van der Waals surface area contributed by atoms with E-state index >= 15 is 0 Å². The monoisotopic (exact) mass is 350 g/mol. The summed E-state index contributed by atoms with van der Waals surface area (Å²) in [5.74, 6) is -0.00983. The molecular formula is C20H30O5. The topological polar surface area (TPSA) is 76.0 Å². The van der Waals surface area contributed by atoms with Gasteiger partial charge in [0.1, 0.15) is 18.3 Å². The van der Waals surface area contributed by atoms with Crippen LogP contribution in [0.15, 0.2) is 22.8 Å². The van der Waals surface area contributed by atoms with Crippen molar-refractivity contribution in [1.82, 2.24) is 0 Å². The zero-order valence-corrected chi connectivity index (χ0v) is 15.6. The van der Waals surface area contributed by atoms with Crippen LogP contribution in [0.5, 0.6) is 0 Å². The van der Waals surface area contributed by atoms with Gasteiger partial charge >= 0.3 is 5.97 Å². The van der Waals surface area contributed by atoms with E-state index in [9.17, 15) is 15.0 Å². The van der Waals surface area contributed by atoms with E-state index in [-0.39, 0.29) is 6.10 Å². The molecule has 0 aromatic rings. The minimum Gasteiger partial charge on any atom is -0.454 e. The van der Waals surface area contributed by atoms with Crippen molar-refractivity contribution >= 4 is 5.97 Å². The Kier molecular flexibility index (Phi) is 5.11. The van der Waals surface area contributed by atoms with Gasteiger partial charge in [-0.1, -0.05) is 18.6 Å². The van der Waals surface area contributed by atoms with Crippen LogP contribution in [-0.2, 0) is 14.3 Å². The van der Waals surface area contributed by atoms with Crippen molar-refractivity contribution in [2.45, 2.75) is 89.8 Å². The average molecular weight is 350 g/mol. The smallest absolute Gasteiger partial charge is 0.334 e. The summed E-state index contributed by atoms with van der Waals surface area (Å²) in [7, 11) is 0. The molecule has 25 heavy (non-hydrogen) atoms. The number of carbonyl (C=O) groups is 1. The van der Waals surface area contributed by atoms with Crippen LogP contribution in [0.3, 0.4) is 0 Å². The Morgan fingerprint density at radius 3 is 2.68 bits per heavy atom. The second kappa shape index (κ2) is 6.86. The summed E-state index contributed by atoms with van der Waals surface area (Å²) in [6.45, 7) is 7.73. The third-order valence-corrected chi connectivity index (χ3v) is 6.18. The van der Waals surface area contributed by atoms with E-state index in [4.69, 9.17) is 9.47 Å². The molecule has 140 valence electrons. The number of fused-ring (bicyclic) bond motifs is 3. The lowest BCUT2D eigenvalue weighted by molar-refractivity contribution is -0.146. The Labute approximate surface area is 149 Å². The van der Waals surface area contributed by atoms with Crippen LogP contribution < -0.4 is 0 Å². The molecule has 0 radical (unpaired) electrons. The SMILES string of the molecule is CC1=C2C(C/C(C)=C/CC[C@H](C)[C@H]3CCC(C)(O3)[C@H](O)[C@H]2O)OC1=O. The molecule has 5 heteroatoms. The van der Waals surface area contributed by atoms with E-state index in [1.54, 1.807) is 6.92 Å². The van der Waals surface area contributed by atoms with E-state index in [0.29, 0.717) is 29.9 Å². The van der Waals surface area contributed by atoms with E-state index in [0.717, 1.165) is 24.8 Å². The van der Waals surface area contributed by atoms with Crippen LogP contribution >= 0.6 is 0 Å². The van der Waals surface area contributed by atoms with Gasteiger partial charge in [-0.25, -0.2) is 4.79 Å². The maximum atomic E-state index is 12.0. The number of allylic oxidation sites excluding steroid dienone is 1. The molecule has 0 aliphatic carbocycles. The van der Waals surface area contributed by atoms with E-state index in [2.05, 4.69) is 13.0 Å². The predicted octanol–water partition coefficient (Wildman–Crippen LogP) is 2.65. The molecule has 1 fully saturated rings. The van der Waals surface area contributed by atoms with Gasteiger partial charge < -0.3 is 19.7 Å². The molecule has 3 aliphatic rings. The second-order valence-corrected chi connectivity index (χ2v) is 8.18. The van der Waals surface area contributed by atoms with Gasteiger partial charge in [0.05, 0.1) is 11.7 Å². The number of aliphatic hydroxyl groups is 2. The molecule has 6 atom stereocenters. The van der Waals surface area contributed by atoms with Crippen LogP contribution in [0.4, 0.5) is 0 Å². The summed E-state index contributed by atoms with van der Waals surface area (Å²) in [6.07, 6.45) is 3.61. The summed E-state index contributed by atoms with van der Waals surface area (Å²) in [5, 5.41) is 21.8. The van der Waals surface area contributed by atoms with Gasteiger partial charge in [-0.2, -0.15) is 0 Å². The van der Waals surface area contributed by atoms with E-state index < -0.39 is 29.9 Å². The molecule has 0 spiro atoms. The van der Waals surface area contributed by atoms with E-state index in [1.807, 2.05) is 13.8 Å². The fourth-order valence-electron chi connectivity index (χ4n) is 4.37. The van der Waals surface area contributed by atoms with Gasteiger partial charge in [0, 0.05) is 17.6 Å². The van der Waals surface area contributed by atoms with Crippen LogP contribution in [0.2, 0.25) is 0 Å². The first-order valence-corrected chi connectivity index (χ1v) is 9.34. The number of rotatable bonds is 0. The average Bonchev–Trinajstić information content (AvgIpc) is 3.07.